The van der Waals surface area contributed by atoms with Crippen LogP contribution in [0.15, 0.2) is 37.2 Å². The van der Waals surface area contributed by atoms with E-state index in [9.17, 15) is 0 Å². The molecule has 1 aromatic rings. The molecule has 84 valence electrons. The molecule has 0 radical (unpaired) electrons. The van der Waals surface area contributed by atoms with E-state index in [2.05, 4.69) is 23.7 Å². The van der Waals surface area contributed by atoms with Gasteiger partial charge in [-0.05, 0) is 25.0 Å². The van der Waals surface area contributed by atoms with Gasteiger partial charge in [0.25, 0.3) is 0 Å². The molecular formula is C13H22N2. The minimum atomic E-state index is 1.20. The summed E-state index contributed by atoms with van der Waals surface area (Å²) in [5, 5.41) is 7.07. The van der Waals surface area contributed by atoms with Gasteiger partial charge in [0, 0.05) is 12.4 Å². The van der Waals surface area contributed by atoms with Crippen LogP contribution in [0.1, 0.15) is 45.4 Å². The summed E-state index contributed by atoms with van der Waals surface area (Å²) >= 11 is 0. The highest BCUT2D eigenvalue weighted by Crippen LogP contribution is 2.04. The second-order valence-corrected chi connectivity index (χ2v) is 3.41. The smallest absolute Gasteiger partial charge is 0.0496 e. The lowest BCUT2D eigenvalue weighted by molar-refractivity contribution is 0.638. The summed E-state index contributed by atoms with van der Waals surface area (Å²) in [6.45, 7) is 5.92. The number of nitrogens with zero attached hydrogens (tertiary/aromatic N) is 2. The first-order valence-corrected chi connectivity index (χ1v) is 5.74. The third-order valence-corrected chi connectivity index (χ3v) is 2.00. The quantitative estimate of drug-likeness (QED) is 0.519. The second kappa shape index (κ2) is 12.8. The molecule has 0 aliphatic rings. The van der Waals surface area contributed by atoms with Crippen LogP contribution in [-0.2, 0) is 0 Å². The molecule has 0 aliphatic heterocycles. The van der Waals surface area contributed by atoms with Crippen molar-refractivity contribution in [3.63, 3.8) is 0 Å². The fourth-order valence-electron chi connectivity index (χ4n) is 1.15. The largest absolute Gasteiger partial charge is 0.159 e. The number of aromatic nitrogens is 2. The van der Waals surface area contributed by atoms with Crippen molar-refractivity contribution in [3.05, 3.63) is 37.2 Å². The van der Waals surface area contributed by atoms with E-state index in [-0.39, 0.29) is 0 Å². The van der Waals surface area contributed by atoms with Crippen molar-refractivity contribution in [2.75, 3.05) is 0 Å². The van der Waals surface area contributed by atoms with Crippen molar-refractivity contribution in [2.24, 2.45) is 0 Å². The van der Waals surface area contributed by atoms with Gasteiger partial charge in [0.2, 0.25) is 0 Å². The van der Waals surface area contributed by atoms with Gasteiger partial charge < -0.3 is 0 Å². The molecule has 2 heteroatoms. The number of hydrogen-bond acceptors (Lipinski definition) is 2. The van der Waals surface area contributed by atoms with E-state index in [1.54, 1.807) is 12.4 Å². The zero-order valence-electron chi connectivity index (χ0n) is 9.73. The van der Waals surface area contributed by atoms with Crippen LogP contribution in [0.5, 0.6) is 0 Å². The van der Waals surface area contributed by atoms with Crippen LogP contribution in [0.4, 0.5) is 0 Å². The molecule has 15 heavy (non-hydrogen) atoms. The number of rotatable bonds is 6. The van der Waals surface area contributed by atoms with Crippen LogP contribution < -0.4 is 0 Å². The maximum absolute atomic E-state index is 3.68. The summed E-state index contributed by atoms with van der Waals surface area (Å²) in [7, 11) is 0. The van der Waals surface area contributed by atoms with Crippen molar-refractivity contribution < 1.29 is 0 Å². The van der Waals surface area contributed by atoms with Crippen LogP contribution in [0, 0.1) is 0 Å². The molecule has 0 atom stereocenters. The standard InChI is InChI=1S/C9H18.C4H4N2/c1-3-5-7-9-8-6-4-2;1-2-4-6-5-3-1/h3H,1,4-9H2,2H3;1-4H. The summed E-state index contributed by atoms with van der Waals surface area (Å²) in [6, 6.07) is 3.65. The lowest BCUT2D eigenvalue weighted by Gasteiger charge is -1.94. The maximum atomic E-state index is 3.68. The van der Waals surface area contributed by atoms with Crippen molar-refractivity contribution in [1.82, 2.24) is 10.2 Å². The summed E-state index contributed by atoms with van der Waals surface area (Å²) in [4.78, 5) is 0. The molecule has 0 unspecified atom stereocenters. The van der Waals surface area contributed by atoms with E-state index in [0.717, 1.165) is 0 Å². The highest BCUT2D eigenvalue weighted by Gasteiger charge is 1.84. The van der Waals surface area contributed by atoms with Gasteiger partial charge in [0.15, 0.2) is 0 Å². The molecule has 0 amide bonds. The molecule has 0 saturated heterocycles. The molecule has 0 saturated carbocycles. The van der Waals surface area contributed by atoms with Gasteiger partial charge in [-0.2, -0.15) is 10.2 Å². The molecule has 1 heterocycles. The maximum Gasteiger partial charge on any atom is 0.0496 e. The first kappa shape index (κ1) is 13.8. The predicted octanol–water partition coefficient (Wildman–Crippen LogP) is 4.01. The van der Waals surface area contributed by atoms with Crippen molar-refractivity contribution in [3.8, 4) is 0 Å². The zero-order valence-corrected chi connectivity index (χ0v) is 9.73. The van der Waals surface area contributed by atoms with E-state index >= 15 is 0 Å². The van der Waals surface area contributed by atoms with Gasteiger partial charge in [-0.15, -0.1) is 6.58 Å². The third-order valence-electron chi connectivity index (χ3n) is 2.00. The Balaban J connectivity index is 0.000000280. The van der Waals surface area contributed by atoms with E-state index in [4.69, 9.17) is 0 Å². The zero-order chi connectivity index (χ0) is 11.2. The van der Waals surface area contributed by atoms with Gasteiger partial charge in [0.05, 0.1) is 0 Å². The number of hydrogen-bond donors (Lipinski definition) is 0. The second-order valence-electron chi connectivity index (χ2n) is 3.41. The Kier molecular flexibility index (Phi) is 11.8. The fraction of sp³-hybridized carbons (Fsp3) is 0.538. The van der Waals surface area contributed by atoms with Gasteiger partial charge in [-0.3, -0.25) is 0 Å². The molecule has 0 bridgehead atoms. The number of unbranched alkanes of at least 4 members (excludes halogenated alkanes) is 5. The van der Waals surface area contributed by atoms with Crippen LogP contribution in [0.2, 0.25) is 0 Å². The lowest BCUT2D eigenvalue weighted by atomic mass is 10.1. The van der Waals surface area contributed by atoms with Crippen LogP contribution >= 0.6 is 0 Å². The minimum absolute atomic E-state index is 1.20. The molecule has 1 rings (SSSR count). The Labute approximate surface area is 93.4 Å². The van der Waals surface area contributed by atoms with E-state index in [1.165, 1.54) is 38.5 Å². The van der Waals surface area contributed by atoms with Gasteiger partial charge in [-0.25, -0.2) is 0 Å². The van der Waals surface area contributed by atoms with E-state index in [0.29, 0.717) is 0 Å². The van der Waals surface area contributed by atoms with Crippen molar-refractivity contribution >= 4 is 0 Å². The molecule has 2 nitrogen and oxygen atoms in total. The summed E-state index contributed by atoms with van der Waals surface area (Å²) in [5.41, 5.74) is 0. The normalized spacial score (nSPS) is 8.87. The predicted molar refractivity (Wildman–Crippen MR) is 65.6 cm³/mol. The SMILES string of the molecule is C=CCCCCCCC.c1ccnnc1. The summed E-state index contributed by atoms with van der Waals surface area (Å²) in [5.74, 6) is 0. The van der Waals surface area contributed by atoms with E-state index < -0.39 is 0 Å². The van der Waals surface area contributed by atoms with Gasteiger partial charge in [0.1, 0.15) is 0 Å². The van der Waals surface area contributed by atoms with Crippen molar-refractivity contribution in [1.29, 1.82) is 0 Å². The summed E-state index contributed by atoms with van der Waals surface area (Å²) < 4.78 is 0. The first-order chi connectivity index (χ1) is 7.41. The summed E-state index contributed by atoms with van der Waals surface area (Å²) in [6.07, 6.45) is 13.4. The monoisotopic (exact) mass is 206 g/mol. The Morgan fingerprint density at radius 3 is 2.00 bits per heavy atom. The molecule has 0 spiro atoms. The Morgan fingerprint density at radius 2 is 1.60 bits per heavy atom. The Bertz CT molecular complexity index is 182. The van der Waals surface area contributed by atoms with Gasteiger partial charge >= 0.3 is 0 Å². The lowest BCUT2D eigenvalue weighted by Crippen LogP contribution is -1.74. The highest BCUT2D eigenvalue weighted by molar-refractivity contribution is 4.79. The average Bonchev–Trinajstić information content (AvgIpc) is 2.32. The topological polar surface area (TPSA) is 25.8 Å². The molecule has 1 aromatic heterocycles. The molecule has 0 aromatic carbocycles. The van der Waals surface area contributed by atoms with Crippen LogP contribution in [0.3, 0.4) is 0 Å². The highest BCUT2D eigenvalue weighted by atomic mass is 15.1. The first-order valence-electron chi connectivity index (χ1n) is 5.74. The van der Waals surface area contributed by atoms with E-state index in [1.807, 2.05) is 18.2 Å². The average molecular weight is 206 g/mol. The van der Waals surface area contributed by atoms with Gasteiger partial charge in [-0.1, -0.05) is 38.7 Å². The minimum Gasteiger partial charge on any atom is -0.159 e. The van der Waals surface area contributed by atoms with Crippen LogP contribution in [-0.4, -0.2) is 10.2 Å². The Morgan fingerprint density at radius 1 is 1.00 bits per heavy atom. The van der Waals surface area contributed by atoms with Crippen molar-refractivity contribution in [2.45, 2.75) is 45.4 Å². The van der Waals surface area contributed by atoms with Crippen LogP contribution in [0.25, 0.3) is 0 Å². The molecule has 0 aliphatic carbocycles. The Hall–Kier alpha value is -1.18. The third kappa shape index (κ3) is 12.8. The number of allylic oxidation sites excluding steroid dienone is 1. The molecule has 0 N–H and O–H groups in total. The molecular weight excluding hydrogens is 184 g/mol. The fourth-order valence-corrected chi connectivity index (χ4v) is 1.15. The molecule has 0 fully saturated rings.